The van der Waals surface area contributed by atoms with Crippen molar-refractivity contribution in [2.45, 2.75) is 47.1 Å². The molecule has 0 amide bonds. The van der Waals surface area contributed by atoms with Crippen molar-refractivity contribution in [3.8, 4) is 5.75 Å². The number of rotatable bonds is 9. The molecule has 0 aliphatic rings. The average Bonchev–Trinajstić information content (AvgIpc) is 3.00. The summed E-state index contributed by atoms with van der Waals surface area (Å²) in [6.07, 6.45) is -0.113. The number of aromatic amines is 1. The molecule has 29 heavy (non-hydrogen) atoms. The molecule has 0 fully saturated rings. The number of aryl methyl sites for hydroxylation is 2. The SMILES string of the molecule is CCOC(=O)c1c(C)[nH]c(C(=O)[C@H](C)OC(=O)COc2ccc(CC)cc2)c1C. The van der Waals surface area contributed by atoms with E-state index in [1.54, 1.807) is 32.9 Å². The number of H-pyrrole nitrogens is 1. The van der Waals surface area contributed by atoms with E-state index in [0.717, 1.165) is 12.0 Å². The minimum absolute atomic E-state index is 0.224. The topological polar surface area (TPSA) is 94.7 Å². The maximum Gasteiger partial charge on any atom is 0.344 e. The molecule has 1 aromatic carbocycles. The van der Waals surface area contributed by atoms with E-state index in [9.17, 15) is 14.4 Å². The molecule has 2 aromatic rings. The molecule has 0 unspecified atom stereocenters. The summed E-state index contributed by atoms with van der Waals surface area (Å²) < 4.78 is 15.6. The summed E-state index contributed by atoms with van der Waals surface area (Å²) in [7, 11) is 0. The number of aromatic nitrogens is 1. The van der Waals surface area contributed by atoms with Crippen LogP contribution in [0.2, 0.25) is 0 Å². The molecule has 1 atom stereocenters. The first kappa shape index (κ1) is 22.2. The van der Waals surface area contributed by atoms with Crippen molar-refractivity contribution in [3.63, 3.8) is 0 Å². The van der Waals surface area contributed by atoms with Crippen molar-refractivity contribution in [1.29, 1.82) is 0 Å². The fraction of sp³-hybridized carbons (Fsp3) is 0.409. The highest BCUT2D eigenvalue weighted by Crippen LogP contribution is 2.21. The van der Waals surface area contributed by atoms with E-state index in [0.29, 0.717) is 22.6 Å². The monoisotopic (exact) mass is 401 g/mol. The summed E-state index contributed by atoms with van der Waals surface area (Å²) in [5.74, 6) is -1.03. The van der Waals surface area contributed by atoms with Gasteiger partial charge in [-0.05, 0) is 57.4 Å². The molecular weight excluding hydrogens is 374 g/mol. The van der Waals surface area contributed by atoms with Crippen LogP contribution in [-0.2, 0) is 20.7 Å². The summed E-state index contributed by atoms with van der Waals surface area (Å²) in [5, 5.41) is 0. The van der Waals surface area contributed by atoms with Gasteiger partial charge in [0, 0.05) is 5.69 Å². The number of ketones is 1. The van der Waals surface area contributed by atoms with Crippen LogP contribution in [-0.4, -0.2) is 42.0 Å². The fourth-order valence-corrected chi connectivity index (χ4v) is 2.96. The smallest absolute Gasteiger partial charge is 0.344 e. The number of hydrogen-bond acceptors (Lipinski definition) is 6. The van der Waals surface area contributed by atoms with Gasteiger partial charge in [0.2, 0.25) is 5.78 Å². The maximum atomic E-state index is 12.7. The second-order valence-electron chi connectivity index (χ2n) is 6.63. The van der Waals surface area contributed by atoms with E-state index in [1.807, 2.05) is 12.1 Å². The first-order valence-electron chi connectivity index (χ1n) is 9.60. The third-order valence-corrected chi connectivity index (χ3v) is 4.53. The molecule has 7 heteroatoms. The zero-order chi connectivity index (χ0) is 21.6. The minimum atomic E-state index is -1.03. The summed E-state index contributed by atoms with van der Waals surface area (Å²) >= 11 is 0. The highest BCUT2D eigenvalue weighted by atomic mass is 16.6. The van der Waals surface area contributed by atoms with Gasteiger partial charge in [0.15, 0.2) is 12.7 Å². The molecule has 0 bridgehead atoms. The minimum Gasteiger partial charge on any atom is -0.482 e. The zero-order valence-corrected chi connectivity index (χ0v) is 17.5. The largest absolute Gasteiger partial charge is 0.482 e. The lowest BCUT2D eigenvalue weighted by Crippen LogP contribution is -2.28. The molecule has 0 aliphatic carbocycles. The Morgan fingerprint density at radius 1 is 1.07 bits per heavy atom. The van der Waals surface area contributed by atoms with Gasteiger partial charge in [0.05, 0.1) is 17.9 Å². The second-order valence-corrected chi connectivity index (χ2v) is 6.63. The Labute approximate surface area is 170 Å². The van der Waals surface area contributed by atoms with Crippen molar-refractivity contribution >= 4 is 17.7 Å². The quantitative estimate of drug-likeness (QED) is 0.510. The van der Waals surface area contributed by atoms with Gasteiger partial charge < -0.3 is 19.2 Å². The molecule has 7 nitrogen and oxygen atoms in total. The molecule has 1 aromatic heterocycles. The van der Waals surface area contributed by atoms with Crippen molar-refractivity contribution in [3.05, 3.63) is 52.3 Å². The number of esters is 2. The van der Waals surface area contributed by atoms with Gasteiger partial charge in [-0.3, -0.25) is 4.79 Å². The molecule has 0 saturated heterocycles. The average molecular weight is 401 g/mol. The number of carbonyl (C=O) groups is 3. The van der Waals surface area contributed by atoms with Crippen LogP contribution >= 0.6 is 0 Å². The molecule has 156 valence electrons. The predicted octanol–water partition coefficient (Wildman–Crippen LogP) is 3.56. The summed E-state index contributed by atoms with van der Waals surface area (Å²) in [6, 6.07) is 7.40. The van der Waals surface area contributed by atoms with Gasteiger partial charge in [0.25, 0.3) is 0 Å². The van der Waals surface area contributed by atoms with Gasteiger partial charge in [-0.25, -0.2) is 9.59 Å². The van der Waals surface area contributed by atoms with E-state index in [2.05, 4.69) is 11.9 Å². The van der Waals surface area contributed by atoms with Crippen molar-refractivity contribution in [2.24, 2.45) is 0 Å². The molecule has 1 heterocycles. The van der Waals surface area contributed by atoms with E-state index in [1.165, 1.54) is 6.92 Å². The van der Waals surface area contributed by atoms with Crippen LogP contribution in [0.25, 0.3) is 0 Å². The third kappa shape index (κ3) is 5.47. The first-order chi connectivity index (χ1) is 13.8. The van der Waals surface area contributed by atoms with Gasteiger partial charge in [-0.15, -0.1) is 0 Å². The number of ether oxygens (including phenoxy) is 3. The molecule has 2 rings (SSSR count). The Morgan fingerprint density at radius 3 is 2.31 bits per heavy atom. The Morgan fingerprint density at radius 2 is 1.72 bits per heavy atom. The summed E-state index contributed by atoms with van der Waals surface area (Å²) in [5.41, 5.74) is 2.72. The molecule has 0 aliphatic heterocycles. The van der Waals surface area contributed by atoms with Gasteiger partial charge in [-0.1, -0.05) is 19.1 Å². The normalized spacial score (nSPS) is 11.6. The van der Waals surface area contributed by atoms with Crippen LogP contribution in [0.4, 0.5) is 0 Å². The lowest BCUT2D eigenvalue weighted by atomic mass is 10.1. The van der Waals surface area contributed by atoms with Crippen molar-refractivity contribution < 1.29 is 28.6 Å². The zero-order valence-electron chi connectivity index (χ0n) is 17.5. The Kier molecular flexibility index (Phi) is 7.59. The van der Waals surface area contributed by atoms with Gasteiger partial charge in [0.1, 0.15) is 5.75 Å². The first-order valence-corrected chi connectivity index (χ1v) is 9.60. The highest BCUT2D eigenvalue weighted by molar-refractivity contribution is 6.04. The molecule has 0 saturated carbocycles. The molecule has 1 N–H and O–H groups in total. The summed E-state index contributed by atoms with van der Waals surface area (Å²) in [6.45, 7) is 8.51. The number of hydrogen-bond donors (Lipinski definition) is 1. The number of Topliss-reactive ketones (excluding diaryl/α,β-unsaturated/α-hetero) is 1. The Hall–Kier alpha value is -3.09. The molecule has 0 spiro atoms. The number of benzene rings is 1. The second kappa shape index (κ2) is 9.91. The molecular formula is C22H27NO6. The fourth-order valence-electron chi connectivity index (χ4n) is 2.96. The highest BCUT2D eigenvalue weighted by Gasteiger charge is 2.27. The lowest BCUT2D eigenvalue weighted by Gasteiger charge is -2.13. The van der Waals surface area contributed by atoms with Gasteiger partial charge in [-0.2, -0.15) is 0 Å². The predicted molar refractivity (Wildman–Crippen MR) is 107 cm³/mol. The van der Waals surface area contributed by atoms with Crippen LogP contribution in [0.3, 0.4) is 0 Å². The Balaban J connectivity index is 1.98. The lowest BCUT2D eigenvalue weighted by molar-refractivity contribution is -0.148. The van der Waals surface area contributed by atoms with Crippen LogP contribution in [0, 0.1) is 13.8 Å². The standard InChI is InChI=1S/C22H27NO6/c1-6-16-8-10-17(11-9-16)28-12-18(24)29-15(5)21(25)20-13(3)19(14(4)23-20)22(26)27-7-2/h8-11,15,23H,6-7,12H2,1-5H3/t15-/m0/s1. The van der Waals surface area contributed by atoms with E-state index < -0.39 is 23.8 Å². The van der Waals surface area contributed by atoms with E-state index >= 15 is 0 Å². The van der Waals surface area contributed by atoms with E-state index in [4.69, 9.17) is 14.2 Å². The van der Waals surface area contributed by atoms with Crippen LogP contribution < -0.4 is 4.74 Å². The molecule has 0 radical (unpaired) electrons. The van der Waals surface area contributed by atoms with Crippen LogP contribution in [0.1, 0.15) is 58.4 Å². The third-order valence-electron chi connectivity index (χ3n) is 4.53. The maximum absolute atomic E-state index is 12.7. The van der Waals surface area contributed by atoms with Crippen molar-refractivity contribution in [1.82, 2.24) is 4.98 Å². The summed E-state index contributed by atoms with van der Waals surface area (Å²) in [4.78, 5) is 39.7. The van der Waals surface area contributed by atoms with Crippen molar-refractivity contribution in [2.75, 3.05) is 13.2 Å². The van der Waals surface area contributed by atoms with Gasteiger partial charge >= 0.3 is 11.9 Å². The van der Waals surface area contributed by atoms with E-state index in [-0.39, 0.29) is 18.9 Å². The Bertz CT molecular complexity index is 881. The van der Waals surface area contributed by atoms with Crippen LogP contribution in [0.5, 0.6) is 5.75 Å². The number of nitrogens with one attached hydrogen (secondary N) is 1. The number of carbonyl (C=O) groups excluding carboxylic acids is 3. The van der Waals surface area contributed by atoms with Crippen LogP contribution in [0.15, 0.2) is 24.3 Å².